The summed E-state index contributed by atoms with van der Waals surface area (Å²) in [7, 11) is -3.54. The van der Waals surface area contributed by atoms with Crippen LogP contribution in [0.2, 0.25) is 0 Å². The third-order valence-corrected chi connectivity index (χ3v) is 7.28. The number of aromatic nitrogens is 1. The lowest BCUT2D eigenvalue weighted by Crippen LogP contribution is -2.49. The normalized spacial score (nSPS) is 18.2. The van der Waals surface area contributed by atoms with E-state index in [0.717, 1.165) is 32.5 Å². The van der Waals surface area contributed by atoms with Crippen LogP contribution in [0.1, 0.15) is 18.4 Å². The maximum absolute atomic E-state index is 12.6. The number of carbonyl (C=O) groups is 2. The average molecular weight is 602 g/mol. The van der Waals surface area contributed by atoms with Crippen molar-refractivity contribution >= 4 is 22.0 Å². The van der Waals surface area contributed by atoms with Crippen molar-refractivity contribution in [2.45, 2.75) is 36.6 Å². The minimum Gasteiger partial charge on any atom is -0.492 e. The van der Waals surface area contributed by atoms with E-state index < -0.39 is 34.3 Å². The number of sulfonamides is 1. The molecule has 0 atom stereocenters. The Bertz CT molecular complexity index is 1230. The Balaban J connectivity index is 0.000000333. The molecular weight excluding hydrogens is 576 g/mol. The Morgan fingerprint density at radius 1 is 0.975 bits per heavy atom. The van der Waals surface area contributed by atoms with E-state index in [2.05, 4.69) is 20.7 Å². The van der Waals surface area contributed by atoms with Gasteiger partial charge < -0.3 is 14.9 Å². The van der Waals surface area contributed by atoms with Crippen LogP contribution in [-0.4, -0.2) is 79.0 Å². The molecule has 2 aliphatic rings. The number of hydrogen-bond acceptors (Lipinski definition) is 7. The van der Waals surface area contributed by atoms with Gasteiger partial charge in [0.15, 0.2) is 0 Å². The van der Waals surface area contributed by atoms with Crippen LogP contribution in [0.3, 0.4) is 0 Å². The summed E-state index contributed by atoms with van der Waals surface area (Å²) < 4.78 is 97.4. The molecule has 0 aliphatic carbocycles. The molecule has 3 heterocycles. The Labute approximate surface area is 224 Å². The quantitative estimate of drug-likeness (QED) is 0.442. The third kappa shape index (κ3) is 9.95. The number of alkyl halides is 6. The number of piperidine rings is 1. The Hall–Kier alpha value is -3.44. The molecule has 1 aromatic carbocycles. The maximum atomic E-state index is 12.6. The number of nitrogens with zero attached hydrogens (tertiary/aromatic N) is 2. The van der Waals surface area contributed by atoms with Crippen molar-refractivity contribution in [3.05, 3.63) is 54.4 Å². The van der Waals surface area contributed by atoms with Gasteiger partial charge >= 0.3 is 24.3 Å². The summed E-state index contributed by atoms with van der Waals surface area (Å²) >= 11 is 0. The Morgan fingerprint density at radius 2 is 1.52 bits per heavy atom. The highest BCUT2D eigenvalue weighted by Crippen LogP contribution is 2.36. The summed E-state index contributed by atoms with van der Waals surface area (Å²) in [6.45, 7) is 3.67. The molecule has 1 saturated heterocycles. The minimum absolute atomic E-state index is 0.161. The molecule has 0 unspecified atom stereocenters. The number of aliphatic carboxylic acids is 2. The van der Waals surface area contributed by atoms with E-state index in [9.17, 15) is 34.8 Å². The number of carboxylic acid groups (broad SMARTS) is 2. The topological polar surface area (TPSA) is 146 Å². The van der Waals surface area contributed by atoms with Gasteiger partial charge in [-0.1, -0.05) is 18.2 Å². The maximum Gasteiger partial charge on any atom is 0.490 e. The number of halogens is 6. The second kappa shape index (κ2) is 13.3. The van der Waals surface area contributed by atoms with E-state index in [4.69, 9.17) is 24.5 Å². The number of nitrogens with one attached hydrogen (secondary N) is 1. The van der Waals surface area contributed by atoms with Crippen molar-refractivity contribution < 1.29 is 59.3 Å². The van der Waals surface area contributed by atoms with Crippen molar-refractivity contribution in [1.82, 2.24) is 14.6 Å². The standard InChI is InChI=1S/C19H23N3O3S.2C2HF3O2/c23-26(24)18-6-2-1-5-17(18)25-15-19(14-21-26)7-10-22(11-8-19)13-16-4-3-9-20-12-16;2*3-2(4,5)1(6)7/h1-6,9,12,21H,7-8,10-11,13-15H2;2*(H,6,7). The highest BCUT2D eigenvalue weighted by molar-refractivity contribution is 7.89. The van der Waals surface area contributed by atoms with Gasteiger partial charge in [-0.25, -0.2) is 22.7 Å². The number of ether oxygens (including phenoxy) is 1. The SMILES string of the molecule is O=C(O)C(F)(F)F.O=C(O)C(F)(F)F.O=S1(=O)NCC2(CCN(Cc3cccnc3)CC2)COc2ccccc21. The predicted molar refractivity (Wildman–Crippen MR) is 126 cm³/mol. The highest BCUT2D eigenvalue weighted by atomic mass is 32.2. The summed E-state index contributed by atoms with van der Waals surface area (Å²) in [5.41, 5.74) is 1.04. The first-order valence-electron chi connectivity index (χ1n) is 11.4. The number of hydrogen-bond donors (Lipinski definition) is 3. The van der Waals surface area contributed by atoms with Crippen LogP contribution in [0, 0.1) is 5.41 Å². The Morgan fingerprint density at radius 3 is 2.02 bits per heavy atom. The molecule has 2 aliphatic heterocycles. The van der Waals surface area contributed by atoms with Crippen LogP contribution >= 0.6 is 0 Å². The predicted octanol–water partition coefficient (Wildman–Crippen LogP) is 3.30. The van der Waals surface area contributed by atoms with Crippen LogP contribution in [0.4, 0.5) is 26.3 Å². The minimum atomic E-state index is -5.08. The number of carboxylic acids is 2. The molecule has 1 fully saturated rings. The molecule has 2 aromatic rings. The van der Waals surface area contributed by atoms with Gasteiger partial charge in [0.25, 0.3) is 0 Å². The van der Waals surface area contributed by atoms with Gasteiger partial charge in [-0.2, -0.15) is 26.3 Å². The van der Waals surface area contributed by atoms with Gasteiger partial charge in [0.05, 0.1) is 6.61 Å². The van der Waals surface area contributed by atoms with E-state index in [-0.39, 0.29) is 10.3 Å². The van der Waals surface area contributed by atoms with Crippen molar-refractivity contribution in [3.8, 4) is 5.75 Å². The van der Waals surface area contributed by atoms with Gasteiger partial charge in [-0.3, -0.25) is 9.88 Å². The zero-order valence-electron chi connectivity index (χ0n) is 20.6. The molecule has 17 heteroatoms. The van der Waals surface area contributed by atoms with Crippen molar-refractivity contribution in [2.24, 2.45) is 5.41 Å². The van der Waals surface area contributed by atoms with Crippen molar-refractivity contribution in [1.29, 1.82) is 0 Å². The molecule has 4 rings (SSSR count). The van der Waals surface area contributed by atoms with Crippen LogP contribution in [-0.2, 0) is 26.2 Å². The molecule has 0 bridgehead atoms. The van der Waals surface area contributed by atoms with Crippen LogP contribution in [0.25, 0.3) is 0 Å². The van der Waals surface area contributed by atoms with Crippen molar-refractivity contribution in [3.63, 3.8) is 0 Å². The molecule has 40 heavy (non-hydrogen) atoms. The first kappa shape index (κ1) is 32.8. The number of benzene rings is 1. The Kier molecular flexibility index (Phi) is 10.9. The molecule has 10 nitrogen and oxygen atoms in total. The fourth-order valence-corrected chi connectivity index (χ4v) is 4.96. The zero-order valence-corrected chi connectivity index (χ0v) is 21.4. The monoisotopic (exact) mass is 601 g/mol. The fourth-order valence-electron chi connectivity index (χ4n) is 3.66. The molecule has 222 valence electrons. The zero-order chi connectivity index (χ0) is 30.2. The van der Waals surface area contributed by atoms with Gasteiger partial charge in [0.2, 0.25) is 10.0 Å². The van der Waals surface area contributed by atoms with Gasteiger partial charge in [-0.15, -0.1) is 0 Å². The van der Waals surface area contributed by atoms with E-state index in [1.54, 1.807) is 30.5 Å². The second-order valence-electron chi connectivity index (χ2n) is 8.80. The van der Waals surface area contributed by atoms with E-state index in [1.807, 2.05) is 12.3 Å². The molecular formula is C23H25F6N3O7S. The highest BCUT2D eigenvalue weighted by Gasteiger charge is 2.40. The smallest absolute Gasteiger partial charge is 0.490 e. The summed E-state index contributed by atoms with van der Waals surface area (Å²) in [5, 5.41) is 14.2. The van der Waals surface area contributed by atoms with E-state index in [0.29, 0.717) is 18.9 Å². The lowest BCUT2D eigenvalue weighted by atomic mass is 9.79. The summed E-state index contributed by atoms with van der Waals surface area (Å²) in [6, 6.07) is 10.9. The molecule has 1 spiro atoms. The molecule has 0 radical (unpaired) electrons. The van der Waals surface area contributed by atoms with Crippen LogP contribution in [0.5, 0.6) is 5.75 Å². The van der Waals surface area contributed by atoms with E-state index >= 15 is 0 Å². The van der Waals surface area contributed by atoms with Gasteiger partial charge in [-0.05, 0) is 49.7 Å². The summed E-state index contributed by atoms with van der Waals surface area (Å²) in [4.78, 5) is 24.6. The molecule has 0 saturated carbocycles. The fraction of sp³-hybridized carbons (Fsp3) is 0.435. The first-order chi connectivity index (χ1) is 18.5. The summed E-state index contributed by atoms with van der Waals surface area (Å²) in [6.07, 6.45) is -4.69. The average Bonchev–Trinajstić information content (AvgIpc) is 2.87. The number of fused-ring (bicyclic) bond motifs is 1. The van der Waals surface area contributed by atoms with Crippen molar-refractivity contribution in [2.75, 3.05) is 26.2 Å². The number of rotatable bonds is 2. The number of para-hydroxylation sites is 1. The largest absolute Gasteiger partial charge is 0.492 e. The van der Waals surface area contributed by atoms with Gasteiger partial charge in [0.1, 0.15) is 10.6 Å². The van der Waals surface area contributed by atoms with Crippen LogP contribution < -0.4 is 9.46 Å². The van der Waals surface area contributed by atoms with Gasteiger partial charge in [0, 0.05) is 30.9 Å². The van der Waals surface area contributed by atoms with E-state index in [1.165, 1.54) is 5.56 Å². The lowest BCUT2D eigenvalue weighted by molar-refractivity contribution is -0.193. The first-order valence-corrected chi connectivity index (χ1v) is 12.9. The lowest BCUT2D eigenvalue weighted by Gasteiger charge is -2.42. The molecule has 0 amide bonds. The second-order valence-corrected chi connectivity index (χ2v) is 10.5. The molecule has 3 N–H and O–H groups in total. The summed E-state index contributed by atoms with van der Waals surface area (Å²) in [5.74, 6) is -5.07. The third-order valence-electron chi connectivity index (χ3n) is 5.84. The molecule has 1 aromatic heterocycles. The number of pyridine rings is 1. The van der Waals surface area contributed by atoms with Crippen LogP contribution in [0.15, 0.2) is 53.7 Å². The number of likely N-dealkylation sites (tertiary alicyclic amines) is 1.